The zero-order valence-electron chi connectivity index (χ0n) is 47.4. The minimum Gasteiger partial charge on any atom is -0.756 e. The summed E-state index contributed by atoms with van der Waals surface area (Å²) in [5.74, 6) is -0.210. The first-order valence-electron chi connectivity index (χ1n) is 30.2. The Morgan fingerprint density at radius 1 is 0.493 bits per heavy atom. The maximum absolute atomic E-state index is 12.9. The molecule has 1 amide bonds. The molecule has 0 bridgehead atoms. The van der Waals surface area contributed by atoms with E-state index in [-0.39, 0.29) is 12.5 Å². The van der Waals surface area contributed by atoms with Gasteiger partial charge < -0.3 is 28.8 Å². The number of unbranched alkanes of at least 4 members (excludes halogenated alkanes) is 34. The van der Waals surface area contributed by atoms with Crippen molar-refractivity contribution in [1.82, 2.24) is 5.32 Å². The zero-order valence-corrected chi connectivity index (χ0v) is 48.3. The van der Waals surface area contributed by atoms with Gasteiger partial charge in [0.05, 0.1) is 39.9 Å². The number of quaternary nitrogens is 1. The quantitative estimate of drug-likeness (QED) is 0.0272. The molecule has 2 N–H and O–H groups in total. The smallest absolute Gasteiger partial charge is 0.268 e. The monoisotopic (exact) mass is 1020 g/mol. The molecule has 0 saturated carbocycles. The van der Waals surface area contributed by atoms with Crippen molar-refractivity contribution < 1.29 is 32.9 Å². The number of amides is 1. The van der Waals surface area contributed by atoms with E-state index in [0.717, 1.165) is 57.8 Å². The second kappa shape index (κ2) is 53.0. The van der Waals surface area contributed by atoms with Gasteiger partial charge in [-0.1, -0.05) is 261 Å². The highest BCUT2D eigenvalue weighted by atomic mass is 31.2. The lowest BCUT2D eigenvalue weighted by Crippen LogP contribution is -2.45. The third-order valence-corrected chi connectivity index (χ3v) is 14.4. The van der Waals surface area contributed by atoms with E-state index in [9.17, 15) is 19.4 Å². The highest BCUT2D eigenvalue weighted by molar-refractivity contribution is 7.45. The molecule has 0 rings (SSSR count). The fraction of sp³-hybridized carbons (Fsp3) is 0.823. The lowest BCUT2D eigenvalue weighted by atomic mass is 10.0. The maximum atomic E-state index is 12.9. The van der Waals surface area contributed by atoms with Crippen LogP contribution in [0.15, 0.2) is 60.8 Å². The highest BCUT2D eigenvalue weighted by Gasteiger charge is 2.23. The summed E-state index contributed by atoms with van der Waals surface area (Å²) in [6, 6.07) is -0.908. The summed E-state index contributed by atoms with van der Waals surface area (Å²) in [7, 11) is 1.24. The second-order valence-corrected chi connectivity index (χ2v) is 23.1. The molecule has 0 fully saturated rings. The van der Waals surface area contributed by atoms with Crippen LogP contribution in [0.3, 0.4) is 0 Å². The number of rotatable bonds is 55. The summed E-state index contributed by atoms with van der Waals surface area (Å²) >= 11 is 0. The Morgan fingerprint density at radius 3 is 1.27 bits per heavy atom. The molecule has 0 spiro atoms. The summed E-state index contributed by atoms with van der Waals surface area (Å²) in [6.45, 7) is 4.57. The van der Waals surface area contributed by atoms with E-state index >= 15 is 0 Å². The van der Waals surface area contributed by atoms with Crippen LogP contribution in [0.4, 0.5) is 0 Å². The van der Waals surface area contributed by atoms with Gasteiger partial charge in [0.25, 0.3) is 7.82 Å². The van der Waals surface area contributed by atoms with E-state index in [4.69, 9.17) is 9.05 Å². The molecule has 0 aliphatic carbocycles. The Hall–Kier alpha value is -1.80. The Kier molecular flexibility index (Phi) is 51.7. The average molecular weight is 1020 g/mol. The molecule has 8 nitrogen and oxygen atoms in total. The third kappa shape index (κ3) is 55.8. The summed E-state index contributed by atoms with van der Waals surface area (Å²) in [4.78, 5) is 25.4. The molecule has 3 unspecified atom stereocenters. The lowest BCUT2D eigenvalue weighted by molar-refractivity contribution is -0.870. The molecule has 0 aliphatic rings. The van der Waals surface area contributed by atoms with E-state index < -0.39 is 26.6 Å². The van der Waals surface area contributed by atoms with E-state index in [0.29, 0.717) is 17.4 Å². The van der Waals surface area contributed by atoms with Gasteiger partial charge in [-0.2, -0.15) is 0 Å². The predicted octanol–water partition coefficient (Wildman–Crippen LogP) is 17.9. The van der Waals surface area contributed by atoms with E-state index in [1.807, 2.05) is 27.2 Å². The Labute approximate surface area is 441 Å². The predicted molar refractivity (Wildman–Crippen MR) is 307 cm³/mol. The molecule has 0 radical (unpaired) electrons. The first-order valence-corrected chi connectivity index (χ1v) is 31.6. The fourth-order valence-electron chi connectivity index (χ4n) is 8.67. The molecule has 0 aromatic heterocycles. The van der Waals surface area contributed by atoms with Crippen LogP contribution in [-0.4, -0.2) is 68.5 Å². The van der Waals surface area contributed by atoms with Crippen LogP contribution in [0.2, 0.25) is 0 Å². The van der Waals surface area contributed by atoms with E-state index in [2.05, 4.69) is 67.8 Å². The minimum absolute atomic E-state index is 0.00914. The summed E-state index contributed by atoms with van der Waals surface area (Å²) < 4.78 is 23.3. The number of hydrogen-bond acceptors (Lipinski definition) is 6. The van der Waals surface area contributed by atoms with Gasteiger partial charge in [-0.3, -0.25) is 9.36 Å². The number of nitrogens with zero attached hydrogens (tertiary/aromatic N) is 1. The number of carbonyl (C=O) groups excluding carboxylic acids is 1. The molecule has 0 aromatic rings. The number of hydrogen-bond donors (Lipinski definition) is 2. The SMILES string of the molecule is CCCC/C=C/CC/C=C/CC/C=C/C(O)C(COP(=O)([O-])OCC[N+](C)(C)C)NC(=O)CCCCCCCCCCCCCCCCCCCCCCCCCCC/C=C\C/C=C\CCCCCCC. The number of likely N-dealkylation sites (N-methyl/N-ethyl adjacent to an activating group) is 1. The van der Waals surface area contributed by atoms with Crippen LogP contribution in [0.25, 0.3) is 0 Å². The molecule has 71 heavy (non-hydrogen) atoms. The van der Waals surface area contributed by atoms with Crippen LogP contribution >= 0.6 is 7.82 Å². The number of phosphoric ester groups is 1. The van der Waals surface area contributed by atoms with Crippen LogP contribution < -0.4 is 10.2 Å². The summed E-state index contributed by atoms with van der Waals surface area (Å²) in [5.41, 5.74) is 0. The van der Waals surface area contributed by atoms with Crippen LogP contribution in [-0.2, 0) is 18.4 Å². The number of allylic oxidation sites excluding steroid dienone is 9. The van der Waals surface area contributed by atoms with Crippen molar-refractivity contribution in [3.05, 3.63) is 60.8 Å². The molecule has 9 heteroatoms. The first-order chi connectivity index (χ1) is 34.5. The molecule has 0 heterocycles. The van der Waals surface area contributed by atoms with Crippen molar-refractivity contribution in [3.63, 3.8) is 0 Å². The number of carbonyl (C=O) groups is 1. The first kappa shape index (κ1) is 69.2. The van der Waals surface area contributed by atoms with E-state index in [1.54, 1.807) is 6.08 Å². The van der Waals surface area contributed by atoms with Gasteiger partial charge in [0, 0.05) is 6.42 Å². The van der Waals surface area contributed by atoms with Crippen molar-refractivity contribution in [3.8, 4) is 0 Å². The molecular weight excluding hydrogens is 900 g/mol. The van der Waals surface area contributed by atoms with Gasteiger partial charge >= 0.3 is 0 Å². The average Bonchev–Trinajstić information content (AvgIpc) is 3.33. The van der Waals surface area contributed by atoms with Crippen molar-refractivity contribution in [2.45, 2.75) is 289 Å². The molecule has 0 aromatic carbocycles. The number of aliphatic hydroxyl groups is 1. The zero-order chi connectivity index (χ0) is 52.0. The van der Waals surface area contributed by atoms with Gasteiger partial charge in [-0.05, 0) is 70.6 Å². The topological polar surface area (TPSA) is 108 Å². The summed E-state index contributed by atoms with van der Waals surface area (Å²) in [5, 5.41) is 13.8. The normalized spacial score (nSPS) is 14.3. The van der Waals surface area contributed by atoms with Gasteiger partial charge in [0.1, 0.15) is 13.2 Å². The third-order valence-electron chi connectivity index (χ3n) is 13.4. The summed E-state index contributed by atoms with van der Waals surface area (Å²) in [6.07, 6.45) is 72.0. The molecular formula is C62H117N2O6P. The Morgan fingerprint density at radius 2 is 0.845 bits per heavy atom. The molecule has 0 saturated heterocycles. The largest absolute Gasteiger partial charge is 0.756 e. The van der Waals surface area contributed by atoms with Crippen LogP contribution in [0.1, 0.15) is 277 Å². The standard InChI is InChI=1S/C62H117N2O6P/c1-6-8-10-12-14-16-18-20-21-22-23-24-25-26-27-28-29-30-31-32-33-34-35-36-37-38-39-40-41-42-43-44-46-48-50-52-54-56-62(66)63-60(59-70-71(67,68)69-58-57-64(3,4)5)61(65)55-53-51-49-47-45-19-17-15-13-11-9-7-2/h13,15,18,20,22-23,45,47,53,55,60-61,65H,6-12,14,16-17,19,21,24-44,46,48-52,54,56-59H2,1-5H3,(H-,63,66,67,68)/b15-13+,20-18-,23-22-,47-45+,55-53+. The lowest BCUT2D eigenvalue weighted by Gasteiger charge is -2.29. The van der Waals surface area contributed by atoms with E-state index in [1.165, 1.54) is 199 Å². The van der Waals surface area contributed by atoms with Crippen LogP contribution in [0.5, 0.6) is 0 Å². The van der Waals surface area contributed by atoms with Crippen molar-refractivity contribution in [1.29, 1.82) is 0 Å². The van der Waals surface area contributed by atoms with Gasteiger partial charge in [0.15, 0.2) is 0 Å². The minimum atomic E-state index is -4.60. The molecule has 3 atom stereocenters. The highest BCUT2D eigenvalue weighted by Crippen LogP contribution is 2.38. The number of phosphoric acid groups is 1. The van der Waals surface area contributed by atoms with Gasteiger partial charge in [-0.25, -0.2) is 0 Å². The van der Waals surface area contributed by atoms with Gasteiger partial charge in [-0.15, -0.1) is 0 Å². The van der Waals surface area contributed by atoms with Crippen molar-refractivity contribution in [2.24, 2.45) is 0 Å². The number of aliphatic hydroxyl groups excluding tert-OH is 1. The maximum Gasteiger partial charge on any atom is 0.268 e. The Bertz CT molecular complexity index is 1340. The number of nitrogens with one attached hydrogen (secondary N) is 1. The second-order valence-electron chi connectivity index (χ2n) is 21.7. The van der Waals surface area contributed by atoms with Crippen molar-refractivity contribution in [2.75, 3.05) is 40.9 Å². The molecule has 416 valence electrons. The van der Waals surface area contributed by atoms with Crippen LogP contribution in [0, 0.1) is 0 Å². The Balaban J connectivity index is 3.91. The van der Waals surface area contributed by atoms with Crippen molar-refractivity contribution >= 4 is 13.7 Å². The fourth-order valence-corrected chi connectivity index (χ4v) is 9.40. The molecule has 0 aliphatic heterocycles. The van der Waals surface area contributed by atoms with Gasteiger partial charge in [0.2, 0.25) is 5.91 Å².